The maximum absolute atomic E-state index is 8.97. The predicted octanol–water partition coefficient (Wildman–Crippen LogP) is -0.0240. The van der Waals surface area contributed by atoms with Crippen molar-refractivity contribution in [3.05, 3.63) is 16.6 Å². The van der Waals surface area contributed by atoms with Crippen LogP contribution in [0.2, 0.25) is 0 Å². The van der Waals surface area contributed by atoms with Gasteiger partial charge in [-0.05, 0) is 6.92 Å². The summed E-state index contributed by atoms with van der Waals surface area (Å²) in [5.41, 5.74) is -0.619. The van der Waals surface area contributed by atoms with Crippen LogP contribution in [0.5, 0.6) is 0 Å². The lowest BCUT2D eigenvalue weighted by Gasteiger charge is -2.25. The Bertz CT molecular complexity index is 234. The van der Waals surface area contributed by atoms with Crippen molar-refractivity contribution in [2.75, 3.05) is 13.2 Å². The predicted molar refractivity (Wildman–Crippen MR) is 51.5 cm³/mol. The molecule has 5 heteroatoms. The van der Waals surface area contributed by atoms with Gasteiger partial charge < -0.3 is 15.5 Å². The second-order valence-electron chi connectivity index (χ2n) is 3.16. The van der Waals surface area contributed by atoms with Crippen LogP contribution in [0, 0.1) is 0 Å². The minimum absolute atomic E-state index is 0.0884. The molecule has 0 fully saturated rings. The highest BCUT2D eigenvalue weighted by Crippen LogP contribution is 2.07. The molecule has 0 saturated carbocycles. The van der Waals surface area contributed by atoms with Gasteiger partial charge in [0.05, 0.1) is 18.8 Å². The van der Waals surface area contributed by atoms with E-state index in [2.05, 4.69) is 10.3 Å². The van der Waals surface area contributed by atoms with Gasteiger partial charge in [-0.3, -0.25) is 0 Å². The van der Waals surface area contributed by atoms with Crippen molar-refractivity contribution in [2.45, 2.75) is 19.0 Å². The summed E-state index contributed by atoms with van der Waals surface area (Å²) >= 11 is 1.55. The Balaban J connectivity index is 2.41. The molecule has 0 spiro atoms. The van der Waals surface area contributed by atoms with E-state index in [1.807, 2.05) is 5.38 Å². The molecule has 1 rings (SSSR count). The van der Waals surface area contributed by atoms with Crippen molar-refractivity contribution >= 4 is 11.3 Å². The number of aromatic nitrogens is 1. The smallest absolute Gasteiger partial charge is 0.106 e. The van der Waals surface area contributed by atoms with E-state index in [0.717, 1.165) is 5.01 Å². The fourth-order valence-corrected chi connectivity index (χ4v) is 1.35. The normalized spacial score (nSPS) is 11.9. The van der Waals surface area contributed by atoms with Crippen molar-refractivity contribution < 1.29 is 10.2 Å². The van der Waals surface area contributed by atoms with Gasteiger partial charge in [0, 0.05) is 18.1 Å². The Morgan fingerprint density at radius 3 is 2.69 bits per heavy atom. The number of nitrogens with zero attached hydrogens (tertiary/aromatic N) is 1. The average molecular weight is 202 g/mol. The molecule has 74 valence electrons. The van der Waals surface area contributed by atoms with E-state index in [0.29, 0.717) is 6.54 Å². The lowest BCUT2D eigenvalue weighted by Crippen LogP contribution is -2.48. The Kier molecular flexibility index (Phi) is 3.80. The van der Waals surface area contributed by atoms with Crippen molar-refractivity contribution in [1.82, 2.24) is 10.3 Å². The Hall–Kier alpha value is -0.490. The van der Waals surface area contributed by atoms with E-state index in [-0.39, 0.29) is 13.2 Å². The molecule has 0 aromatic carbocycles. The molecular weight excluding hydrogens is 188 g/mol. The SMILES string of the molecule is CC(CO)(CO)NCc1nccs1. The molecule has 0 saturated heterocycles. The van der Waals surface area contributed by atoms with Gasteiger partial charge in [0.1, 0.15) is 5.01 Å². The summed E-state index contributed by atoms with van der Waals surface area (Å²) < 4.78 is 0. The second-order valence-corrected chi connectivity index (χ2v) is 4.14. The third kappa shape index (κ3) is 3.04. The molecule has 0 atom stereocenters. The molecule has 4 nitrogen and oxygen atoms in total. The first kappa shape index (κ1) is 10.6. The summed E-state index contributed by atoms with van der Waals surface area (Å²) in [6, 6.07) is 0. The van der Waals surface area contributed by atoms with Crippen LogP contribution in [0.3, 0.4) is 0 Å². The summed E-state index contributed by atoms with van der Waals surface area (Å²) in [4.78, 5) is 4.08. The molecular formula is C8H14N2O2S. The summed E-state index contributed by atoms with van der Waals surface area (Å²) in [6.45, 7) is 2.17. The number of rotatable bonds is 5. The molecule has 1 aromatic heterocycles. The number of hydrogen-bond donors (Lipinski definition) is 3. The minimum atomic E-state index is -0.619. The van der Waals surface area contributed by atoms with Crippen molar-refractivity contribution in [1.29, 1.82) is 0 Å². The Morgan fingerprint density at radius 1 is 1.54 bits per heavy atom. The highest BCUT2D eigenvalue weighted by Gasteiger charge is 2.21. The standard InChI is InChI=1S/C8H14N2O2S/c1-8(5-11,6-12)10-4-7-9-2-3-13-7/h2-3,10-12H,4-6H2,1H3. The maximum Gasteiger partial charge on any atom is 0.106 e. The number of hydrogen-bond acceptors (Lipinski definition) is 5. The van der Waals surface area contributed by atoms with Gasteiger partial charge in [-0.2, -0.15) is 0 Å². The van der Waals surface area contributed by atoms with Crippen LogP contribution in [-0.4, -0.2) is 33.9 Å². The van der Waals surface area contributed by atoms with Crippen LogP contribution in [-0.2, 0) is 6.54 Å². The lowest BCUT2D eigenvalue weighted by molar-refractivity contribution is 0.103. The monoisotopic (exact) mass is 202 g/mol. The van der Waals surface area contributed by atoms with Crippen LogP contribution in [0.4, 0.5) is 0 Å². The zero-order valence-electron chi connectivity index (χ0n) is 7.53. The second kappa shape index (κ2) is 4.66. The molecule has 0 aliphatic carbocycles. The zero-order chi connectivity index (χ0) is 9.73. The first-order chi connectivity index (χ1) is 6.20. The van der Waals surface area contributed by atoms with Gasteiger partial charge in [0.15, 0.2) is 0 Å². The van der Waals surface area contributed by atoms with Gasteiger partial charge in [-0.25, -0.2) is 4.98 Å². The van der Waals surface area contributed by atoms with E-state index < -0.39 is 5.54 Å². The average Bonchev–Trinajstić information content (AvgIpc) is 2.67. The van der Waals surface area contributed by atoms with Crippen LogP contribution in [0.1, 0.15) is 11.9 Å². The van der Waals surface area contributed by atoms with Crippen LogP contribution < -0.4 is 5.32 Å². The van der Waals surface area contributed by atoms with Crippen molar-refractivity contribution in [2.24, 2.45) is 0 Å². The maximum atomic E-state index is 8.97. The fraction of sp³-hybridized carbons (Fsp3) is 0.625. The van der Waals surface area contributed by atoms with Gasteiger partial charge in [0.2, 0.25) is 0 Å². The molecule has 0 aliphatic rings. The quantitative estimate of drug-likeness (QED) is 0.627. The van der Waals surface area contributed by atoms with Gasteiger partial charge in [-0.1, -0.05) is 0 Å². The number of nitrogens with one attached hydrogen (secondary N) is 1. The van der Waals surface area contributed by atoms with Crippen LogP contribution in [0.15, 0.2) is 11.6 Å². The number of aliphatic hydroxyl groups excluding tert-OH is 2. The minimum Gasteiger partial charge on any atom is -0.394 e. The highest BCUT2D eigenvalue weighted by atomic mass is 32.1. The lowest BCUT2D eigenvalue weighted by atomic mass is 10.1. The Labute approximate surface area is 81.3 Å². The van der Waals surface area contributed by atoms with Gasteiger partial charge in [0.25, 0.3) is 0 Å². The fourth-order valence-electron chi connectivity index (χ4n) is 0.791. The third-order valence-corrected chi connectivity index (χ3v) is 2.63. The van der Waals surface area contributed by atoms with Crippen molar-refractivity contribution in [3.63, 3.8) is 0 Å². The molecule has 0 bridgehead atoms. The molecule has 13 heavy (non-hydrogen) atoms. The van der Waals surface area contributed by atoms with E-state index in [9.17, 15) is 0 Å². The van der Waals surface area contributed by atoms with Gasteiger partial charge in [-0.15, -0.1) is 11.3 Å². The third-order valence-electron chi connectivity index (χ3n) is 1.85. The first-order valence-corrected chi connectivity index (χ1v) is 4.93. The molecule has 0 unspecified atom stereocenters. The largest absolute Gasteiger partial charge is 0.394 e. The molecule has 0 radical (unpaired) electrons. The van der Waals surface area contributed by atoms with E-state index in [4.69, 9.17) is 10.2 Å². The highest BCUT2D eigenvalue weighted by molar-refractivity contribution is 7.09. The van der Waals surface area contributed by atoms with Crippen LogP contribution >= 0.6 is 11.3 Å². The summed E-state index contributed by atoms with van der Waals surface area (Å²) in [7, 11) is 0. The molecule has 1 heterocycles. The first-order valence-electron chi connectivity index (χ1n) is 4.05. The molecule has 0 aliphatic heterocycles. The van der Waals surface area contributed by atoms with Crippen LogP contribution in [0.25, 0.3) is 0 Å². The van der Waals surface area contributed by atoms with Gasteiger partial charge >= 0.3 is 0 Å². The number of thiazole rings is 1. The van der Waals surface area contributed by atoms with Crippen molar-refractivity contribution in [3.8, 4) is 0 Å². The topological polar surface area (TPSA) is 65.4 Å². The zero-order valence-corrected chi connectivity index (χ0v) is 8.34. The van der Waals surface area contributed by atoms with E-state index in [1.165, 1.54) is 0 Å². The molecule has 0 amide bonds. The summed E-state index contributed by atoms with van der Waals surface area (Å²) in [5.74, 6) is 0. The Morgan fingerprint density at radius 2 is 2.23 bits per heavy atom. The molecule has 1 aromatic rings. The van der Waals surface area contributed by atoms with E-state index >= 15 is 0 Å². The number of aliphatic hydroxyl groups is 2. The summed E-state index contributed by atoms with van der Waals surface area (Å²) in [5, 5.41) is 23.8. The summed E-state index contributed by atoms with van der Waals surface area (Å²) in [6.07, 6.45) is 1.73. The molecule has 3 N–H and O–H groups in total. The van der Waals surface area contributed by atoms with E-state index in [1.54, 1.807) is 24.5 Å².